The van der Waals surface area contributed by atoms with E-state index < -0.39 is 0 Å². The van der Waals surface area contributed by atoms with E-state index in [2.05, 4.69) is 39.9 Å². The van der Waals surface area contributed by atoms with Crippen molar-refractivity contribution < 1.29 is 0 Å². The van der Waals surface area contributed by atoms with Gasteiger partial charge >= 0.3 is 0 Å². The monoisotopic (exact) mass is 294 g/mol. The molecule has 0 saturated heterocycles. The van der Waals surface area contributed by atoms with Crippen molar-refractivity contribution in [1.29, 1.82) is 0 Å². The molecule has 1 aromatic carbocycles. The van der Waals surface area contributed by atoms with Crippen molar-refractivity contribution in [3.05, 3.63) is 64.1 Å². The summed E-state index contributed by atoms with van der Waals surface area (Å²) in [6, 6.07) is 12.5. The minimum atomic E-state index is 0.561. The number of aromatic nitrogens is 3. The van der Waals surface area contributed by atoms with Gasteiger partial charge in [0, 0.05) is 16.0 Å². The standard InChI is InChI=1S/C16H14N4S/c1-10-8-13-15(12-6-4-3-5-7-12)17-9-14-19-18-11(2)20(14)16(13)21-10/h3-8H,9H2,1-2H3. The molecule has 0 atom stereocenters. The van der Waals surface area contributed by atoms with E-state index in [0.717, 1.165) is 22.9 Å². The minimum Gasteiger partial charge on any atom is -0.276 e. The Morgan fingerprint density at radius 1 is 1.10 bits per heavy atom. The predicted molar refractivity (Wildman–Crippen MR) is 84.5 cm³/mol. The minimum absolute atomic E-state index is 0.561. The Kier molecular flexibility index (Phi) is 2.75. The summed E-state index contributed by atoms with van der Waals surface area (Å²) in [5.74, 6) is 1.82. The predicted octanol–water partition coefficient (Wildman–Crippen LogP) is 3.30. The third-order valence-corrected chi connectivity index (χ3v) is 4.65. The molecule has 104 valence electrons. The molecule has 3 heterocycles. The number of thiophene rings is 1. The molecule has 0 radical (unpaired) electrons. The summed E-state index contributed by atoms with van der Waals surface area (Å²) < 4.78 is 2.13. The first-order valence-corrected chi connectivity index (χ1v) is 7.67. The summed E-state index contributed by atoms with van der Waals surface area (Å²) in [7, 11) is 0. The Morgan fingerprint density at radius 2 is 1.90 bits per heavy atom. The van der Waals surface area contributed by atoms with Crippen LogP contribution in [0.4, 0.5) is 0 Å². The average Bonchev–Trinajstić information content (AvgIpc) is 3.00. The molecule has 0 spiro atoms. The molecule has 2 aromatic heterocycles. The number of aliphatic imine (C=N–C) groups is 1. The SMILES string of the molecule is Cc1cc2c(s1)-n1c(C)nnc1CN=C2c1ccccc1. The van der Waals surface area contributed by atoms with Crippen LogP contribution in [0.3, 0.4) is 0 Å². The van der Waals surface area contributed by atoms with Crippen molar-refractivity contribution in [3.8, 4) is 5.00 Å². The summed E-state index contributed by atoms with van der Waals surface area (Å²) in [6.45, 7) is 4.68. The molecular weight excluding hydrogens is 280 g/mol. The largest absolute Gasteiger partial charge is 0.276 e. The molecule has 0 bridgehead atoms. The third-order valence-electron chi connectivity index (χ3n) is 3.61. The highest BCUT2D eigenvalue weighted by Gasteiger charge is 2.23. The lowest BCUT2D eigenvalue weighted by molar-refractivity contribution is 0.869. The van der Waals surface area contributed by atoms with E-state index in [0.29, 0.717) is 6.54 Å². The van der Waals surface area contributed by atoms with E-state index in [1.165, 1.54) is 15.4 Å². The Morgan fingerprint density at radius 3 is 2.71 bits per heavy atom. The molecular formula is C16H14N4S. The molecule has 0 aliphatic carbocycles. The quantitative estimate of drug-likeness (QED) is 0.691. The number of hydrogen-bond acceptors (Lipinski definition) is 4. The zero-order valence-electron chi connectivity index (χ0n) is 11.9. The van der Waals surface area contributed by atoms with Crippen LogP contribution < -0.4 is 0 Å². The lowest BCUT2D eigenvalue weighted by Gasteiger charge is -2.07. The molecule has 3 aromatic rings. The number of benzene rings is 1. The highest BCUT2D eigenvalue weighted by atomic mass is 32.1. The lowest BCUT2D eigenvalue weighted by Crippen LogP contribution is -2.04. The van der Waals surface area contributed by atoms with Gasteiger partial charge in [0.15, 0.2) is 5.82 Å². The molecule has 0 fully saturated rings. The Labute approximate surface area is 126 Å². The van der Waals surface area contributed by atoms with Gasteiger partial charge in [-0.05, 0) is 19.9 Å². The van der Waals surface area contributed by atoms with Crippen LogP contribution >= 0.6 is 11.3 Å². The zero-order chi connectivity index (χ0) is 14.4. The topological polar surface area (TPSA) is 43.1 Å². The first-order valence-electron chi connectivity index (χ1n) is 6.86. The van der Waals surface area contributed by atoms with Crippen LogP contribution in [0.15, 0.2) is 41.4 Å². The van der Waals surface area contributed by atoms with Gasteiger partial charge in [0.2, 0.25) is 0 Å². The summed E-state index contributed by atoms with van der Waals surface area (Å²) in [4.78, 5) is 6.07. The number of rotatable bonds is 1. The fourth-order valence-electron chi connectivity index (χ4n) is 2.69. The highest BCUT2D eigenvalue weighted by molar-refractivity contribution is 7.15. The van der Waals surface area contributed by atoms with Crippen LogP contribution in [0.5, 0.6) is 0 Å². The average molecular weight is 294 g/mol. The van der Waals surface area contributed by atoms with Gasteiger partial charge in [-0.25, -0.2) is 0 Å². The van der Waals surface area contributed by atoms with Gasteiger partial charge in [-0.3, -0.25) is 9.56 Å². The molecule has 4 nitrogen and oxygen atoms in total. The van der Waals surface area contributed by atoms with Crippen LogP contribution in [0.25, 0.3) is 5.00 Å². The fraction of sp³-hybridized carbons (Fsp3) is 0.188. The van der Waals surface area contributed by atoms with Crippen molar-refractivity contribution in [2.75, 3.05) is 0 Å². The molecule has 4 rings (SSSR count). The van der Waals surface area contributed by atoms with Gasteiger partial charge in [0.25, 0.3) is 0 Å². The second-order valence-corrected chi connectivity index (χ2v) is 6.34. The number of hydrogen-bond donors (Lipinski definition) is 0. The fourth-order valence-corrected chi connectivity index (χ4v) is 3.76. The number of fused-ring (bicyclic) bond motifs is 3. The van der Waals surface area contributed by atoms with Crippen molar-refractivity contribution in [2.45, 2.75) is 20.4 Å². The normalized spacial score (nSPS) is 13.3. The van der Waals surface area contributed by atoms with E-state index in [4.69, 9.17) is 4.99 Å². The Balaban J connectivity index is 1.99. The van der Waals surface area contributed by atoms with Gasteiger partial charge in [0.1, 0.15) is 17.4 Å². The lowest BCUT2D eigenvalue weighted by atomic mass is 10.0. The molecule has 0 N–H and O–H groups in total. The van der Waals surface area contributed by atoms with Gasteiger partial charge in [-0.2, -0.15) is 0 Å². The van der Waals surface area contributed by atoms with Crippen LogP contribution in [0, 0.1) is 13.8 Å². The Hall–Kier alpha value is -2.27. The molecule has 21 heavy (non-hydrogen) atoms. The van der Waals surface area contributed by atoms with Crippen molar-refractivity contribution in [1.82, 2.24) is 14.8 Å². The number of aryl methyl sites for hydroxylation is 2. The van der Waals surface area contributed by atoms with Crippen molar-refractivity contribution in [2.24, 2.45) is 4.99 Å². The van der Waals surface area contributed by atoms with Gasteiger partial charge in [0.05, 0.1) is 5.71 Å². The molecule has 5 heteroatoms. The van der Waals surface area contributed by atoms with Crippen LogP contribution in [-0.2, 0) is 6.54 Å². The number of nitrogens with zero attached hydrogens (tertiary/aromatic N) is 4. The van der Waals surface area contributed by atoms with E-state index in [-0.39, 0.29) is 0 Å². The summed E-state index contributed by atoms with van der Waals surface area (Å²) >= 11 is 1.77. The van der Waals surface area contributed by atoms with E-state index >= 15 is 0 Å². The van der Waals surface area contributed by atoms with Gasteiger partial charge in [-0.1, -0.05) is 30.3 Å². The van der Waals surface area contributed by atoms with E-state index in [9.17, 15) is 0 Å². The molecule has 0 saturated carbocycles. The van der Waals surface area contributed by atoms with E-state index in [1.54, 1.807) is 11.3 Å². The maximum Gasteiger partial charge on any atom is 0.160 e. The summed E-state index contributed by atoms with van der Waals surface area (Å²) in [5, 5.41) is 9.63. The second-order valence-electron chi connectivity index (χ2n) is 5.11. The molecule has 1 aliphatic heterocycles. The molecule has 0 amide bonds. The zero-order valence-corrected chi connectivity index (χ0v) is 12.7. The first-order chi connectivity index (χ1) is 10.2. The summed E-state index contributed by atoms with van der Waals surface area (Å²) in [6.07, 6.45) is 0. The smallest absolute Gasteiger partial charge is 0.160 e. The third kappa shape index (κ3) is 1.93. The van der Waals surface area contributed by atoms with Gasteiger partial charge < -0.3 is 0 Å². The van der Waals surface area contributed by atoms with E-state index in [1.807, 2.05) is 25.1 Å². The maximum atomic E-state index is 4.80. The van der Waals surface area contributed by atoms with Gasteiger partial charge in [-0.15, -0.1) is 21.5 Å². The molecule has 1 aliphatic rings. The first kappa shape index (κ1) is 12.5. The second kappa shape index (κ2) is 4.63. The maximum absolute atomic E-state index is 4.80. The van der Waals surface area contributed by atoms with Crippen molar-refractivity contribution in [3.63, 3.8) is 0 Å². The highest BCUT2D eigenvalue weighted by Crippen LogP contribution is 2.32. The van der Waals surface area contributed by atoms with Crippen LogP contribution in [-0.4, -0.2) is 20.5 Å². The molecule has 0 unspecified atom stereocenters. The van der Waals surface area contributed by atoms with Crippen molar-refractivity contribution >= 4 is 17.0 Å². The Bertz CT molecular complexity index is 843. The summed E-state index contributed by atoms with van der Waals surface area (Å²) in [5.41, 5.74) is 3.36. The van der Waals surface area contributed by atoms with Crippen LogP contribution in [0.1, 0.15) is 27.7 Å². The van der Waals surface area contributed by atoms with Crippen LogP contribution in [0.2, 0.25) is 0 Å².